The van der Waals surface area contributed by atoms with Gasteiger partial charge in [-0.1, -0.05) is 0 Å². The average molecular weight is 382 g/mol. The molecule has 0 aromatic heterocycles. The molecule has 1 N–H and O–H groups in total. The van der Waals surface area contributed by atoms with Gasteiger partial charge < -0.3 is 9.84 Å². The number of rotatable bonds is 3. The number of halogens is 2. The van der Waals surface area contributed by atoms with Crippen molar-refractivity contribution < 1.29 is 22.7 Å². The van der Waals surface area contributed by atoms with Crippen molar-refractivity contribution in [1.29, 1.82) is 0 Å². The summed E-state index contributed by atoms with van der Waals surface area (Å²) in [5.74, 6) is -0.637. The molecule has 1 aromatic rings. The Morgan fingerprint density at radius 3 is 2.76 bits per heavy atom. The summed E-state index contributed by atoms with van der Waals surface area (Å²) in [4.78, 5) is -0.113. The van der Waals surface area contributed by atoms with Crippen LogP contribution in [-0.4, -0.2) is 49.2 Å². The summed E-state index contributed by atoms with van der Waals surface area (Å²) in [6.07, 6.45) is -0.594. The van der Waals surface area contributed by atoms with E-state index >= 15 is 0 Å². The van der Waals surface area contributed by atoms with Gasteiger partial charge in [-0.25, -0.2) is 12.8 Å². The van der Waals surface area contributed by atoms with Gasteiger partial charge in [-0.3, -0.25) is 0 Å². The zero-order chi connectivity index (χ0) is 15.8. The molecule has 1 aromatic carbocycles. The predicted octanol–water partition coefficient (Wildman–Crippen LogP) is 1.75. The molecule has 1 unspecified atom stereocenters. The van der Waals surface area contributed by atoms with Crippen molar-refractivity contribution in [2.24, 2.45) is 0 Å². The molecule has 0 spiro atoms. The van der Waals surface area contributed by atoms with Gasteiger partial charge in [-0.2, -0.15) is 4.31 Å². The predicted molar refractivity (Wildman–Crippen MR) is 78.9 cm³/mol. The Morgan fingerprint density at radius 2 is 2.19 bits per heavy atom. The maximum absolute atomic E-state index is 13.6. The van der Waals surface area contributed by atoms with Crippen LogP contribution in [0.2, 0.25) is 0 Å². The van der Waals surface area contributed by atoms with E-state index in [0.717, 1.165) is 6.07 Å². The number of sulfonamides is 1. The highest BCUT2D eigenvalue weighted by Gasteiger charge is 2.39. The molecule has 1 aliphatic heterocycles. The van der Waals surface area contributed by atoms with Crippen molar-refractivity contribution in [3.05, 3.63) is 28.5 Å². The van der Waals surface area contributed by atoms with Gasteiger partial charge in [0.05, 0.1) is 27.7 Å². The lowest BCUT2D eigenvalue weighted by molar-refractivity contribution is -0.131. The molecule has 118 valence electrons. The summed E-state index contributed by atoms with van der Waals surface area (Å²) in [6.45, 7) is 3.41. The summed E-state index contributed by atoms with van der Waals surface area (Å²) < 4.78 is 45.8. The van der Waals surface area contributed by atoms with Gasteiger partial charge in [-0.05, 0) is 48.0 Å². The molecule has 21 heavy (non-hydrogen) atoms. The van der Waals surface area contributed by atoms with E-state index in [1.807, 2.05) is 0 Å². The zero-order valence-electron chi connectivity index (χ0n) is 11.7. The fraction of sp³-hybridized carbons (Fsp3) is 0.538. The second-order valence-corrected chi connectivity index (χ2v) is 8.35. The van der Waals surface area contributed by atoms with E-state index in [1.165, 1.54) is 16.4 Å². The molecule has 1 atom stereocenters. The van der Waals surface area contributed by atoms with Crippen LogP contribution in [0.3, 0.4) is 0 Å². The standard InChI is InChI=1S/C13H17BrFNO4S/c1-13(2)8-16(6-9(7-17)20-13)21(18,19)10-3-4-11(14)12(15)5-10/h3-5,9,17H,6-8H2,1-2H3. The molecule has 1 fully saturated rings. The quantitative estimate of drug-likeness (QED) is 0.865. The Kier molecular flexibility index (Phi) is 4.75. The Bertz CT molecular complexity index is 635. The Balaban J connectivity index is 2.36. The molecule has 0 amide bonds. The molecular formula is C13H17BrFNO4S. The van der Waals surface area contributed by atoms with Crippen LogP contribution in [0, 0.1) is 5.82 Å². The number of hydrogen-bond donors (Lipinski definition) is 1. The second-order valence-electron chi connectivity index (χ2n) is 5.56. The van der Waals surface area contributed by atoms with E-state index in [2.05, 4.69) is 15.9 Å². The molecule has 0 radical (unpaired) electrons. The van der Waals surface area contributed by atoms with Crippen LogP contribution in [0.15, 0.2) is 27.6 Å². The highest BCUT2D eigenvalue weighted by atomic mass is 79.9. The highest BCUT2D eigenvalue weighted by Crippen LogP contribution is 2.28. The van der Waals surface area contributed by atoms with Crippen LogP contribution in [0.5, 0.6) is 0 Å². The van der Waals surface area contributed by atoms with Gasteiger partial charge in [0, 0.05) is 13.1 Å². The minimum absolute atomic E-state index is 0.0416. The van der Waals surface area contributed by atoms with Crippen molar-refractivity contribution in [3.8, 4) is 0 Å². The van der Waals surface area contributed by atoms with Gasteiger partial charge in [0.1, 0.15) is 5.82 Å². The van der Waals surface area contributed by atoms with Gasteiger partial charge >= 0.3 is 0 Å². The lowest BCUT2D eigenvalue weighted by Gasteiger charge is -2.41. The van der Waals surface area contributed by atoms with Crippen molar-refractivity contribution in [1.82, 2.24) is 4.31 Å². The number of aliphatic hydroxyl groups excluding tert-OH is 1. The number of benzene rings is 1. The first kappa shape index (κ1) is 16.8. The molecule has 0 aliphatic carbocycles. The molecule has 2 rings (SSSR count). The molecule has 1 saturated heterocycles. The fourth-order valence-electron chi connectivity index (χ4n) is 2.31. The maximum atomic E-state index is 13.6. The molecule has 8 heteroatoms. The number of nitrogens with zero attached hydrogens (tertiary/aromatic N) is 1. The van der Waals surface area contributed by atoms with Crippen LogP contribution in [0.1, 0.15) is 13.8 Å². The number of ether oxygens (including phenoxy) is 1. The van der Waals surface area contributed by atoms with Crippen molar-refractivity contribution in [2.45, 2.75) is 30.4 Å². The average Bonchev–Trinajstić information content (AvgIpc) is 2.39. The van der Waals surface area contributed by atoms with Gasteiger partial charge in [0.15, 0.2) is 0 Å². The Hall–Kier alpha value is -0.540. The summed E-state index contributed by atoms with van der Waals surface area (Å²) in [5.41, 5.74) is -0.716. The summed E-state index contributed by atoms with van der Waals surface area (Å²) in [7, 11) is -3.83. The molecule has 5 nitrogen and oxygen atoms in total. The van der Waals surface area contributed by atoms with Gasteiger partial charge in [-0.15, -0.1) is 0 Å². The summed E-state index contributed by atoms with van der Waals surface area (Å²) in [6, 6.07) is 3.69. The van der Waals surface area contributed by atoms with Crippen LogP contribution < -0.4 is 0 Å². The van der Waals surface area contributed by atoms with Crippen LogP contribution in [-0.2, 0) is 14.8 Å². The zero-order valence-corrected chi connectivity index (χ0v) is 14.1. The minimum Gasteiger partial charge on any atom is -0.394 e. The molecule has 1 heterocycles. The molecule has 0 saturated carbocycles. The smallest absolute Gasteiger partial charge is 0.243 e. The van der Waals surface area contributed by atoms with Crippen LogP contribution >= 0.6 is 15.9 Å². The van der Waals surface area contributed by atoms with E-state index in [4.69, 9.17) is 4.74 Å². The van der Waals surface area contributed by atoms with Crippen molar-refractivity contribution >= 4 is 26.0 Å². The normalized spacial score (nSPS) is 23.2. The largest absolute Gasteiger partial charge is 0.394 e. The van der Waals surface area contributed by atoms with E-state index < -0.39 is 27.5 Å². The number of hydrogen-bond acceptors (Lipinski definition) is 4. The number of aliphatic hydroxyl groups is 1. The lowest BCUT2D eigenvalue weighted by Crippen LogP contribution is -2.55. The van der Waals surface area contributed by atoms with Gasteiger partial charge in [0.25, 0.3) is 0 Å². The summed E-state index contributed by atoms with van der Waals surface area (Å²) in [5, 5.41) is 9.25. The first-order chi connectivity index (χ1) is 9.65. The SMILES string of the molecule is CC1(C)CN(S(=O)(=O)c2ccc(Br)c(F)c2)CC(CO)O1. The molecule has 1 aliphatic rings. The lowest BCUT2D eigenvalue weighted by atomic mass is 10.1. The van der Waals surface area contributed by atoms with Crippen LogP contribution in [0.25, 0.3) is 0 Å². The second kappa shape index (κ2) is 5.92. The van der Waals surface area contributed by atoms with Gasteiger partial charge in [0.2, 0.25) is 10.0 Å². The third-order valence-electron chi connectivity index (χ3n) is 3.18. The van der Waals surface area contributed by atoms with Crippen molar-refractivity contribution in [3.63, 3.8) is 0 Å². The fourth-order valence-corrected chi connectivity index (χ4v) is 4.19. The topological polar surface area (TPSA) is 66.8 Å². The van der Waals surface area contributed by atoms with E-state index in [0.29, 0.717) is 0 Å². The van der Waals surface area contributed by atoms with E-state index in [9.17, 15) is 17.9 Å². The first-order valence-electron chi connectivity index (χ1n) is 6.39. The molecular weight excluding hydrogens is 365 g/mol. The third-order valence-corrected chi connectivity index (χ3v) is 5.63. The summed E-state index contributed by atoms with van der Waals surface area (Å²) >= 11 is 2.99. The maximum Gasteiger partial charge on any atom is 0.243 e. The monoisotopic (exact) mass is 381 g/mol. The van der Waals surface area contributed by atoms with E-state index in [-0.39, 0.29) is 29.1 Å². The highest BCUT2D eigenvalue weighted by molar-refractivity contribution is 9.10. The van der Waals surface area contributed by atoms with E-state index in [1.54, 1.807) is 13.8 Å². The van der Waals surface area contributed by atoms with Crippen LogP contribution in [0.4, 0.5) is 4.39 Å². The van der Waals surface area contributed by atoms with Crippen molar-refractivity contribution in [2.75, 3.05) is 19.7 Å². The first-order valence-corrected chi connectivity index (χ1v) is 8.63. The third kappa shape index (κ3) is 3.62. The minimum atomic E-state index is -3.83. The number of morpholine rings is 1. The Morgan fingerprint density at radius 1 is 1.52 bits per heavy atom. The Labute approximate surface area is 131 Å². The molecule has 0 bridgehead atoms.